The van der Waals surface area contributed by atoms with Gasteiger partial charge in [-0.2, -0.15) is 0 Å². The second kappa shape index (κ2) is 5.98. The highest BCUT2D eigenvalue weighted by molar-refractivity contribution is 9.09. The number of aryl methyl sites for hydroxylation is 1. The number of benzene rings is 3. The normalized spacial score (nSPS) is 12.5. The van der Waals surface area contributed by atoms with Gasteiger partial charge in [0.2, 0.25) is 0 Å². The van der Waals surface area contributed by atoms with Crippen molar-refractivity contribution in [1.29, 1.82) is 0 Å². The Morgan fingerprint density at radius 1 is 0.905 bits per heavy atom. The van der Waals surface area contributed by atoms with Crippen LogP contribution >= 0.6 is 15.9 Å². The number of rotatable bonds is 3. The van der Waals surface area contributed by atoms with Gasteiger partial charge in [-0.3, -0.25) is 0 Å². The molecule has 0 aliphatic heterocycles. The van der Waals surface area contributed by atoms with Gasteiger partial charge in [0.25, 0.3) is 0 Å². The Morgan fingerprint density at radius 3 is 2.24 bits per heavy atom. The number of alkyl halides is 1. The molecular formula is C19H16BrF. The van der Waals surface area contributed by atoms with E-state index in [1.54, 1.807) is 6.07 Å². The van der Waals surface area contributed by atoms with Crippen molar-refractivity contribution in [2.75, 3.05) is 0 Å². The second-order valence-corrected chi connectivity index (χ2v) is 6.06. The van der Waals surface area contributed by atoms with Gasteiger partial charge in [0, 0.05) is 5.39 Å². The molecule has 0 radical (unpaired) electrons. The molecule has 0 N–H and O–H groups in total. The standard InChI is InChI=1S/C19H16BrF/c1-2-13-7-9-14(10-8-13)19(20)17-11-12-18(21)16-6-4-3-5-15(16)17/h3-12,19H,2H2,1H3. The van der Waals surface area contributed by atoms with Gasteiger partial charge in [0.1, 0.15) is 5.82 Å². The lowest BCUT2D eigenvalue weighted by Crippen LogP contribution is -1.96. The maximum atomic E-state index is 13.9. The summed E-state index contributed by atoms with van der Waals surface area (Å²) >= 11 is 3.76. The number of halogens is 2. The van der Waals surface area contributed by atoms with Gasteiger partial charge in [-0.05, 0) is 34.6 Å². The van der Waals surface area contributed by atoms with Gasteiger partial charge in [-0.1, -0.05) is 77.5 Å². The lowest BCUT2D eigenvalue weighted by Gasteiger charge is -2.14. The van der Waals surface area contributed by atoms with Gasteiger partial charge in [0.05, 0.1) is 4.83 Å². The highest BCUT2D eigenvalue weighted by atomic mass is 79.9. The van der Waals surface area contributed by atoms with Gasteiger partial charge in [-0.25, -0.2) is 4.39 Å². The summed E-state index contributed by atoms with van der Waals surface area (Å²) in [5, 5.41) is 1.63. The van der Waals surface area contributed by atoms with E-state index in [0.717, 1.165) is 17.4 Å². The Morgan fingerprint density at radius 2 is 1.57 bits per heavy atom. The van der Waals surface area contributed by atoms with Crippen molar-refractivity contribution in [2.45, 2.75) is 18.2 Å². The summed E-state index contributed by atoms with van der Waals surface area (Å²) in [5.41, 5.74) is 3.60. The van der Waals surface area contributed by atoms with Gasteiger partial charge in [-0.15, -0.1) is 0 Å². The minimum atomic E-state index is -0.171. The molecule has 0 bridgehead atoms. The molecule has 21 heavy (non-hydrogen) atoms. The van der Waals surface area contributed by atoms with E-state index in [-0.39, 0.29) is 10.6 Å². The molecule has 106 valence electrons. The molecule has 3 aromatic rings. The van der Waals surface area contributed by atoms with Crippen LogP contribution in [0.5, 0.6) is 0 Å². The summed E-state index contributed by atoms with van der Waals surface area (Å²) in [5.74, 6) is -0.171. The van der Waals surface area contributed by atoms with Crippen molar-refractivity contribution in [3.8, 4) is 0 Å². The van der Waals surface area contributed by atoms with E-state index in [1.165, 1.54) is 11.1 Å². The maximum absolute atomic E-state index is 13.9. The van der Waals surface area contributed by atoms with Crippen molar-refractivity contribution in [3.63, 3.8) is 0 Å². The van der Waals surface area contributed by atoms with Crippen LogP contribution < -0.4 is 0 Å². The van der Waals surface area contributed by atoms with E-state index in [1.807, 2.05) is 30.3 Å². The third-order valence-electron chi connectivity index (χ3n) is 3.86. The zero-order valence-corrected chi connectivity index (χ0v) is 13.4. The average Bonchev–Trinajstić information content (AvgIpc) is 2.55. The second-order valence-electron chi connectivity index (χ2n) is 5.14. The van der Waals surface area contributed by atoms with Crippen molar-refractivity contribution in [3.05, 3.63) is 83.2 Å². The Labute approximate surface area is 132 Å². The Bertz CT molecular complexity index is 762. The molecule has 2 heteroatoms. The first-order valence-corrected chi connectivity index (χ1v) is 8.02. The van der Waals surface area contributed by atoms with Crippen LogP contribution in [0.3, 0.4) is 0 Å². The fourth-order valence-electron chi connectivity index (χ4n) is 2.61. The Hall–Kier alpha value is -1.67. The smallest absolute Gasteiger partial charge is 0.131 e. The summed E-state index contributed by atoms with van der Waals surface area (Å²) < 4.78 is 13.9. The molecule has 0 nitrogen and oxygen atoms in total. The lowest BCUT2D eigenvalue weighted by molar-refractivity contribution is 0.639. The highest BCUT2D eigenvalue weighted by Gasteiger charge is 2.14. The van der Waals surface area contributed by atoms with Gasteiger partial charge in [0.15, 0.2) is 0 Å². The first kappa shape index (κ1) is 14.3. The molecule has 0 aliphatic rings. The number of hydrogen-bond acceptors (Lipinski definition) is 0. The quantitative estimate of drug-likeness (QED) is 0.510. The predicted molar refractivity (Wildman–Crippen MR) is 90.5 cm³/mol. The molecule has 0 fully saturated rings. The zero-order chi connectivity index (χ0) is 14.8. The van der Waals surface area contributed by atoms with Crippen LogP contribution in [-0.4, -0.2) is 0 Å². The molecule has 0 saturated carbocycles. The minimum Gasteiger partial charge on any atom is -0.206 e. The molecule has 3 rings (SSSR count). The zero-order valence-electron chi connectivity index (χ0n) is 11.8. The largest absolute Gasteiger partial charge is 0.206 e. The lowest BCUT2D eigenvalue weighted by atomic mass is 9.97. The van der Waals surface area contributed by atoms with E-state index in [4.69, 9.17) is 0 Å². The van der Waals surface area contributed by atoms with E-state index in [9.17, 15) is 4.39 Å². The Balaban J connectivity index is 2.08. The number of fused-ring (bicyclic) bond motifs is 1. The molecule has 1 atom stereocenters. The Kier molecular flexibility index (Phi) is 4.07. The van der Waals surface area contributed by atoms with E-state index >= 15 is 0 Å². The van der Waals surface area contributed by atoms with Crippen LogP contribution in [0.25, 0.3) is 10.8 Å². The summed E-state index contributed by atoms with van der Waals surface area (Å²) in [4.78, 5) is 0.0638. The molecular weight excluding hydrogens is 327 g/mol. The van der Waals surface area contributed by atoms with Crippen LogP contribution in [0.4, 0.5) is 4.39 Å². The van der Waals surface area contributed by atoms with Crippen molar-refractivity contribution in [1.82, 2.24) is 0 Å². The maximum Gasteiger partial charge on any atom is 0.131 e. The average molecular weight is 343 g/mol. The van der Waals surface area contributed by atoms with E-state index < -0.39 is 0 Å². The van der Waals surface area contributed by atoms with Crippen molar-refractivity contribution in [2.24, 2.45) is 0 Å². The minimum absolute atomic E-state index is 0.0638. The predicted octanol–water partition coefficient (Wildman–Crippen LogP) is 6.03. The van der Waals surface area contributed by atoms with Crippen LogP contribution in [0.2, 0.25) is 0 Å². The SMILES string of the molecule is CCc1ccc(C(Br)c2ccc(F)c3ccccc23)cc1. The van der Waals surface area contributed by atoms with Gasteiger partial charge >= 0.3 is 0 Å². The molecule has 0 aliphatic carbocycles. The van der Waals surface area contributed by atoms with Crippen LogP contribution in [0, 0.1) is 5.82 Å². The molecule has 3 aromatic carbocycles. The molecule has 0 aromatic heterocycles. The molecule has 0 saturated heterocycles. The fourth-order valence-corrected chi connectivity index (χ4v) is 3.31. The number of hydrogen-bond donors (Lipinski definition) is 0. The summed E-state index contributed by atoms with van der Waals surface area (Å²) in [6.07, 6.45) is 1.03. The first-order valence-electron chi connectivity index (χ1n) is 7.10. The summed E-state index contributed by atoms with van der Waals surface area (Å²) in [7, 11) is 0. The van der Waals surface area contributed by atoms with Crippen molar-refractivity contribution < 1.29 is 4.39 Å². The summed E-state index contributed by atoms with van der Waals surface area (Å²) in [6.45, 7) is 2.15. The first-order chi connectivity index (χ1) is 10.2. The van der Waals surface area contributed by atoms with Gasteiger partial charge < -0.3 is 0 Å². The summed E-state index contributed by atoms with van der Waals surface area (Å²) in [6, 6.07) is 19.6. The van der Waals surface area contributed by atoms with Crippen molar-refractivity contribution >= 4 is 26.7 Å². The molecule has 0 heterocycles. The topological polar surface area (TPSA) is 0 Å². The van der Waals surface area contributed by atoms with E-state index in [2.05, 4.69) is 47.1 Å². The fraction of sp³-hybridized carbons (Fsp3) is 0.158. The van der Waals surface area contributed by atoms with E-state index in [0.29, 0.717) is 5.39 Å². The van der Waals surface area contributed by atoms with Crippen LogP contribution in [0.1, 0.15) is 28.4 Å². The monoisotopic (exact) mass is 342 g/mol. The molecule has 0 spiro atoms. The van der Waals surface area contributed by atoms with Crippen LogP contribution in [-0.2, 0) is 6.42 Å². The highest BCUT2D eigenvalue weighted by Crippen LogP contribution is 2.36. The third-order valence-corrected chi connectivity index (χ3v) is 4.88. The van der Waals surface area contributed by atoms with Crippen LogP contribution in [0.15, 0.2) is 60.7 Å². The molecule has 0 amide bonds. The third kappa shape index (κ3) is 2.73. The molecule has 1 unspecified atom stereocenters.